The molecule has 0 radical (unpaired) electrons. The summed E-state index contributed by atoms with van der Waals surface area (Å²) in [5.41, 5.74) is 12.7. The van der Waals surface area contributed by atoms with Crippen LogP contribution in [0.2, 0.25) is 0 Å². The maximum absolute atomic E-state index is 10.1. The number of nitrogens with two attached hydrogens (primary N) is 2. The number of aliphatic hydroxyl groups excluding tert-OH is 3. The zero-order valence-corrected chi connectivity index (χ0v) is 11.1. The van der Waals surface area contributed by atoms with Crippen LogP contribution in [0.25, 0.3) is 11.0 Å². The number of aromatic nitrogens is 3. The molecule has 0 aliphatic carbocycles. The summed E-state index contributed by atoms with van der Waals surface area (Å²) in [6, 6.07) is 0. The number of fused-ring (bicyclic) bond motifs is 1. The van der Waals surface area contributed by atoms with Gasteiger partial charge < -0.3 is 36.1 Å². The lowest BCUT2D eigenvalue weighted by atomic mass is 10.1. The Kier molecular flexibility index (Phi) is 3.51. The molecule has 1 fully saturated rings. The van der Waals surface area contributed by atoms with Crippen molar-refractivity contribution in [3.8, 4) is 0 Å². The first-order valence-corrected chi connectivity index (χ1v) is 6.51. The zero-order chi connectivity index (χ0) is 15.1. The molecule has 3 rings (SSSR count). The molecular weight excluding hydrogens is 278 g/mol. The lowest BCUT2D eigenvalue weighted by Gasteiger charge is -2.17. The molecule has 0 spiro atoms. The van der Waals surface area contributed by atoms with E-state index in [1.807, 2.05) is 0 Å². The molecule has 1 aliphatic rings. The number of nitrogen functional groups attached to an aromatic ring is 1. The average molecular weight is 295 g/mol. The highest BCUT2D eigenvalue weighted by Crippen LogP contribution is 2.34. The van der Waals surface area contributed by atoms with E-state index in [0.717, 1.165) is 0 Å². The lowest BCUT2D eigenvalue weighted by molar-refractivity contribution is -0.0509. The highest BCUT2D eigenvalue weighted by molar-refractivity contribution is 5.89. The van der Waals surface area contributed by atoms with Crippen LogP contribution in [0.15, 0.2) is 12.5 Å². The van der Waals surface area contributed by atoms with Crippen LogP contribution >= 0.6 is 0 Å². The van der Waals surface area contributed by atoms with Gasteiger partial charge in [0.05, 0.1) is 12.0 Å². The van der Waals surface area contributed by atoms with Crippen LogP contribution in [-0.2, 0) is 11.3 Å². The van der Waals surface area contributed by atoms with Gasteiger partial charge in [-0.2, -0.15) is 0 Å². The molecule has 9 nitrogen and oxygen atoms in total. The van der Waals surface area contributed by atoms with Crippen LogP contribution in [0.3, 0.4) is 0 Å². The Bertz CT molecular complexity index is 660. The Morgan fingerprint density at radius 1 is 1.29 bits per heavy atom. The predicted octanol–water partition coefficient (Wildman–Crippen LogP) is -1.92. The number of hydrogen-bond acceptors (Lipinski definition) is 8. The van der Waals surface area contributed by atoms with Crippen LogP contribution in [-0.4, -0.2) is 54.8 Å². The summed E-state index contributed by atoms with van der Waals surface area (Å²) in [6.45, 7) is -0.176. The van der Waals surface area contributed by atoms with Crippen molar-refractivity contribution in [2.45, 2.75) is 31.1 Å². The minimum absolute atomic E-state index is 0.218. The van der Waals surface area contributed by atoms with Crippen molar-refractivity contribution < 1.29 is 20.1 Å². The molecule has 0 aromatic carbocycles. The first-order chi connectivity index (χ1) is 10.1. The summed E-state index contributed by atoms with van der Waals surface area (Å²) in [4.78, 5) is 8.07. The minimum Gasteiger partial charge on any atom is -0.394 e. The van der Waals surface area contributed by atoms with E-state index in [1.54, 1.807) is 10.8 Å². The van der Waals surface area contributed by atoms with Gasteiger partial charge in [-0.05, 0) is 5.56 Å². The van der Waals surface area contributed by atoms with E-state index in [1.165, 1.54) is 6.33 Å². The third kappa shape index (κ3) is 2.06. The molecule has 9 heteroatoms. The maximum atomic E-state index is 10.1. The van der Waals surface area contributed by atoms with Crippen molar-refractivity contribution in [3.05, 3.63) is 18.1 Å². The maximum Gasteiger partial charge on any atom is 0.164 e. The molecule has 21 heavy (non-hydrogen) atoms. The van der Waals surface area contributed by atoms with Crippen molar-refractivity contribution in [2.75, 3.05) is 12.3 Å². The van der Waals surface area contributed by atoms with Crippen molar-refractivity contribution in [2.24, 2.45) is 5.73 Å². The highest BCUT2D eigenvalue weighted by atomic mass is 16.6. The van der Waals surface area contributed by atoms with E-state index in [2.05, 4.69) is 9.97 Å². The summed E-state index contributed by atoms with van der Waals surface area (Å²) < 4.78 is 7.05. The second-order valence-electron chi connectivity index (χ2n) is 4.95. The Morgan fingerprint density at radius 3 is 2.67 bits per heavy atom. The van der Waals surface area contributed by atoms with Crippen molar-refractivity contribution in [1.29, 1.82) is 0 Å². The van der Waals surface area contributed by atoms with E-state index in [9.17, 15) is 10.2 Å². The number of nitrogens with zero attached hydrogens (tertiary/aromatic N) is 3. The molecule has 4 atom stereocenters. The number of rotatable bonds is 3. The SMILES string of the molecule is NCc1cn([C@@H]2O[C@H](CO)[C@@H](O)[C@H]2O)c2ncnc(N)c12. The van der Waals surface area contributed by atoms with Crippen molar-refractivity contribution in [3.63, 3.8) is 0 Å². The van der Waals surface area contributed by atoms with Gasteiger partial charge in [-0.1, -0.05) is 0 Å². The zero-order valence-electron chi connectivity index (χ0n) is 11.1. The summed E-state index contributed by atoms with van der Waals surface area (Å²) in [5.74, 6) is 0.283. The monoisotopic (exact) mass is 295 g/mol. The summed E-state index contributed by atoms with van der Waals surface area (Å²) in [6.07, 6.45) is -1.15. The summed E-state index contributed by atoms with van der Waals surface area (Å²) >= 11 is 0. The van der Waals surface area contributed by atoms with Gasteiger partial charge in [0.15, 0.2) is 6.23 Å². The van der Waals surface area contributed by atoms with Gasteiger partial charge in [0.1, 0.15) is 36.1 Å². The van der Waals surface area contributed by atoms with Crippen LogP contribution < -0.4 is 11.5 Å². The Hall–Kier alpha value is -1.78. The summed E-state index contributed by atoms with van der Waals surface area (Å²) in [5, 5.41) is 29.7. The number of aliphatic hydroxyl groups is 3. The lowest BCUT2D eigenvalue weighted by Crippen LogP contribution is -2.33. The second-order valence-corrected chi connectivity index (χ2v) is 4.95. The molecule has 0 unspecified atom stereocenters. The van der Waals surface area contributed by atoms with Gasteiger partial charge in [0.2, 0.25) is 0 Å². The van der Waals surface area contributed by atoms with E-state index in [4.69, 9.17) is 21.3 Å². The van der Waals surface area contributed by atoms with Crippen LogP contribution in [0, 0.1) is 0 Å². The molecule has 0 bridgehead atoms. The van der Waals surface area contributed by atoms with Gasteiger partial charge in [-0.3, -0.25) is 0 Å². The fourth-order valence-corrected chi connectivity index (χ4v) is 2.65. The van der Waals surface area contributed by atoms with E-state index in [0.29, 0.717) is 16.6 Å². The normalized spacial score (nSPS) is 29.3. The average Bonchev–Trinajstić information content (AvgIpc) is 2.99. The molecule has 0 amide bonds. The number of hydrogen-bond donors (Lipinski definition) is 5. The first kappa shape index (κ1) is 14.2. The number of anilines is 1. The highest BCUT2D eigenvalue weighted by Gasteiger charge is 2.44. The largest absolute Gasteiger partial charge is 0.394 e. The molecule has 7 N–H and O–H groups in total. The minimum atomic E-state index is -1.19. The molecule has 3 heterocycles. The third-order valence-electron chi connectivity index (χ3n) is 3.73. The summed E-state index contributed by atoms with van der Waals surface area (Å²) in [7, 11) is 0. The first-order valence-electron chi connectivity index (χ1n) is 6.51. The van der Waals surface area contributed by atoms with Gasteiger partial charge in [-0.25, -0.2) is 9.97 Å². The van der Waals surface area contributed by atoms with Crippen LogP contribution in [0.1, 0.15) is 11.8 Å². The van der Waals surface area contributed by atoms with Crippen LogP contribution in [0.4, 0.5) is 5.82 Å². The molecule has 1 saturated heterocycles. The second kappa shape index (κ2) is 5.20. The predicted molar refractivity (Wildman–Crippen MR) is 72.8 cm³/mol. The fraction of sp³-hybridized carbons (Fsp3) is 0.500. The standard InChI is InChI=1S/C12H17N5O4/c13-1-5-2-17(11-7(5)10(14)15-4-16-11)12-9(20)8(19)6(3-18)21-12/h2,4,6,8-9,12,18-20H,1,3,13H2,(H2,14,15,16)/t6-,8-,9-,12-/m1/s1. The Labute approximate surface area is 119 Å². The molecule has 2 aromatic rings. The fourth-order valence-electron chi connectivity index (χ4n) is 2.65. The third-order valence-corrected chi connectivity index (χ3v) is 3.73. The van der Waals surface area contributed by atoms with Crippen LogP contribution in [0.5, 0.6) is 0 Å². The Morgan fingerprint density at radius 2 is 2.05 bits per heavy atom. The molecule has 0 saturated carbocycles. The number of ether oxygens (including phenoxy) is 1. The van der Waals surface area contributed by atoms with Crippen molar-refractivity contribution >= 4 is 16.9 Å². The smallest absolute Gasteiger partial charge is 0.164 e. The van der Waals surface area contributed by atoms with Gasteiger partial charge >= 0.3 is 0 Å². The topological polar surface area (TPSA) is 153 Å². The van der Waals surface area contributed by atoms with Gasteiger partial charge in [0, 0.05) is 12.7 Å². The molecule has 2 aromatic heterocycles. The van der Waals surface area contributed by atoms with Gasteiger partial charge in [-0.15, -0.1) is 0 Å². The van der Waals surface area contributed by atoms with Crippen molar-refractivity contribution in [1.82, 2.24) is 14.5 Å². The van der Waals surface area contributed by atoms with E-state index < -0.39 is 31.1 Å². The quantitative estimate of drug-likeness (QED) is 0.439. The van der Waals surface area contributed by atoms with Gasteiger partial charge in [0.25, 0.3) is 0 Å². The Balaban J connectivity index is 2.11. The molecule has 114 valence electrons. The molecular formula is C12H17N5O4. The molecule has 1 aliphatic heterocycles. The van der Waals surface area contributed by atoms with E-state index >= 15 is 0 Å². The van der Waals surface area contributed by atoms with E-state index in [-0.39, 0.29) is 12.4 Å².